The summed E-state index contributed by atoms with van der Waals surface area (Å²) in [5.74, 6) is -1.84. The number of halogens is 3. The van der Waals surface area contributed by atoms with Crippen LogP contribution in [0.3, 0.4) is 0 Å². The second-order valence-corrected chi connectivity index (χ2v) is 6.14. The Bertz CT molecular complexity index is 759. The number of rotatable bonds is 4. The van der Waals surface area contributed by atoms with Crippen LogP contribution < -0.4 is 5.32 Å². The van der Waals surface area contributed by atoms with Gasteiger partial charge >= 0.3 is 12.1 Å². The Balaban J connectivity index is 1.69. The average Bonchev–Trinajstić information content (AvgIpc) is 3.13. The van der Waals surface area contributed by atoms with Crippen molar-refractivity contribution in [2.75, 3.05) is 7.11 Å². The van der Waals surface area contributed by atoms with Crippen molar-refractivity contribution in [3.63, 3.8) is 0 Å². The van der Waals surface area contributed by atoms with E-state index in [0.29, 0.717) is 11.1 Å². The molecule has 1 aromatic heterocycles. The highest BCUT2D eigenvalue weighted by atomic mass is 19.4. The number of aromatic nitrogens is 2. The first-order chi connectivity index (χ1) is 12.4. The summed E-state index contributed by atoms with van der Waals surface area (Å²) in [4.78, 5) is 15.7. The van der Waals surface area contributed by atoms with Crippen molar-refractivity contribution >= 4 is 5.91 Å². The maximum atomic E-state index is 12.5. The van der Waals surface area contributed by atoms with E-state index in [1.165, 1.54) is 24.3 Å². The molecule has 1 N–H and O–H groups in total. The van der Waals surface area contributed by atoms with Crippen molar-refractivity contribution in [2.24, 2.45) is 0 Å². The minimum atomic E-state index is -4.69. The molecule has 9 heteroatoms. The third kappa shape index (κ3) is 4.04. The number of hydrogen-bond acceptors (Lipinski definition) is 5. The topological polar surface area (TPSA) is 77.2 Å². The molecule has 0 unspecified atom stereocenters. The van der Waals surface area contributed by atoms with Gasteiger partial charge in [0.15, 0.2) is 0 Å². The molecule has 0 bridgehead atoms. The summed E-state index contributed by atoms with van der Waals surface area (Å²) in [7, 11) is 1.63. The number of hydrogen-bond donors (Lipinski definition) is 1. The average molecular weight is 369 g/mol. The predicted molar refractivity (Wildman–Crippen MR) is 85.3 cm³/mol. The van der Waals surface area contributed by atoms with E-state index in [-0.39, 0.29) is 23.9 Å². The van der Waals surface area contributed by atoms with Gasteiger partial charge in [0, 0.05) is 18.2 Å². The van der Waals surface area contributed by atoms with Gasteiger partial charge in [0.1, 0.15) is 0 Å². The first-order valence-corrected chi connectivity index (χ1v) is 8.23. The molecule has 6 nitrogen and oxygen atoms in total. The van der Waals surface area contributed by atoms with Gasteiger partial charge in [-0.3, -0.25) is 4.79 Å². The molecule has 140 valence electrons. The third-order valence-corrected chi connectivity index (χ3v) is 4.40. The lowest BCUT2D eigenvalue weighted by atomic mass is 9.92. The quantitative estimate of drug-likeness (QED) is 0.893. The van der Waals surface area contributed by atoms with Crippen molar-refractivity contribution in [1.82, 2.24) is 15.5 Å². The maximum Gasteiger partial charge on any atom is 0.471 e. The third-order valence-electron chi connectivity index (χ3n) is 4.40. The van der Waals surface area contributed by atoms with Crippen LogP contribution in [0.5, 0.6) is 0 Å². The van der Waals surface area contributed by atoms with Gasteiger partial charge in [0.2, 0.25) is 5.82 Å². The number of carbonyl (C=O) groups excluding carboxylic acids is 1. The molecule has 3 rings (SSSR count). The van der Waals surface area contributed by atoms with Crippen LogP contribution in [-0.4, -0.2) is 35.3 Å². The molecule has 1 saturated carbocycles. The molecule has 0 spiro atoms. The summed E-state index contributed by atoms with van der Waals surface area (Å²) in [5.41, 5.74) is 0.724. The number of nitrogens with zero attached hydrogens (tertiary/aromatic N) is 2. The molecule has 1 amide bonds. The van der Waals surface area contributed by atoms with Crippen LogP contribution in [0.2, 0.25) is 0 Å². The van der Waals surface area contributed by atoms with Gasteiger partial charge in [-0.2, -0.15) is 18.2 Å². The van der Waals surface area contributed by atoms with Gasteiger partial charge in [-0.25, -0.2) is 0 Å². The molecule has 2 aromatic rings. The van der Waals surface area contributed by atoms with E-state index in [1.807, 2.05) is 0 Å². The Hall–Kier alpha value is -2.42. The van der Waals surface area contributed by atoms with E-state index in [2.05, 4.69) is 20.0 Å². The van der Waals surface area contributed by atoms with E-state index in [0.717, 1.165) is 25.7 Å². The van der Waals surface area contributed by atoms with Crippen molar-refractivity contribution in [3.8, 4) is 11.4 Å². The van der Waals surface area contributed by atoms with Gasteiger partial charge in [0.25, 0.3) is 5.91 Å². The summed E-state index contributed by atoms with van der Waals surface area (Å²) in [6.07, 6.45) is -0.839. The standard InChI is InChI=1S/C17H18F3N3O3/c1-25-13-5-3-2-4-12(13)21-15(24)11-8-6-10(7-9-11)14-22-16(26-23-14)17(18,19)20/h6-9,12-13H,2-5H2,1H3,(H,21,24)/t12-,13-/m0/s1. The zero-order valence-corrected chi connectivity index (χ0v) is 14.0. The number of methoxy groups -OCH3 is 1. The molecular formula is C17H18F3N3O3. The van der Waals surface area contributed by atoms with E-state index in [1.54, 1.807) is 7.11 Å². The van der Waals surface area contributed by atoms with Crippen molar-refractivity contribution in [1.29, 1.82) is 0 Å². The molecule has 0 saturated heterocycles. The molecule has 1 fully saturated rings. The fraction of sp³-hybridized carbons (Fsp3) is 0.471. The van der Waals surface area contributed by atoms with Crippen LogP contribution in [-0.2, 0) is 10.9 Å². The zero-order chi connectivity index (χ0) is 18.7. The highest BCUT2D eigenvalue weighted by Crippen LogP contribution is 2.29. The fourth-order valence-corrected chi connectivity index (χ4v) is 3.02. The lowest BCUT2D eigenvalue weighted by Gasteiger charge is -2.31. The lowest BCUT2D eigenvalue weighted by Crippen LogP contribution is -2.45. The summed E-state index contributed by atoms with van der Waals surface area (Å²) in [6, 6.07) is 5.94. The minimum absolute atomic E-state index is 0.00732. The van der Waals surface area contributed by atoms with Crippen LogP contribution in [0.1, 0.15) is 41.9 Å². The summed E-state index contributed by atoms with van der Waals surface area (Å²) >= 11 is 0. The minimum Gasteiger partial charge on any atom is -0.379 e. The highest BCUT2D eigenvalue weighted by molar-refractivity contribution is 5.94. The smallest absolute Gasteiger partial charge is 0.379 e. The van der Waals surface area contributed by atoms with Gasteiger partial charge in [-0.1, -0.05) is 30.1 Å². The predicted octanol–water partition coefficient (Wildman–Crippen LogP) is 3.44. The molecule has 0 aliphatic heterocycles. The second kappa shape index (κ2) is 7.45. The molecule has 1 aliphatic rings. The van der Waals surface area contributed by atoms with E-state index >= 15 is 0 Å². The first-order valence-electron chi connectivity index (χ1n) is 8.23. The van der Waals surface area contributed by atoms with Crippen molar-refractivity contribution in [3.05, 3.63) is 35.7 Å². The maximum absolute atomic E-state index is 12.5. The Morgan fingerprint density at radius 1 is 1.23 bits per heavy atom. The largest absolute Gasteiger partial charge is 0.471 e. The number of ether oxygens (including phenoxy) is 1. The van der Waals surface area contributed by atoms with Crippen LogP contribution in [0, 0.1) is 0 Å². The van der Waals surface area contributed by atoms with Gasteiger partial charge in [-0.15, -0.1) is 0 Å². The molecule has 1 aliphatic carbocycles. The number of carbonyl (C=O) groups is 1. The van der Waals surface area contributed by atoms with E-state index < -0.39 is 12.1 Å². The zero-order valence-electron chi connectivity index (χ0n) is 14.0. The van der Waals surface area contributed by atoms with Crippen molar-refractivity contribution in [2.45, 2.75) is 44.0 Å². The van der Waals surface area contributed by atoms with Crippen LogP contribution in [0.15, 0.2) is 28.8 Å². The van der Waals surface area contributed by atoms with Gasteiger partial charge in [-0.05, 0) is 25.0 Å². The summed E-state index contributed by atoms with van der Waals surface area (Å²) < 4.78 is 47.2. The fourth-order valence-electron chi connectivity index (χ4n) is 3.02. The lowest BCUT2D eigenvalue weighted by molar-refractivity contribution is -0.159. The second-order valence-electron chi connectivity index (χ2n) is 6.14. The molecule has 26 heavy (non-hydrogen) atoms. The van der Waals surface area contributed by atoms with Crippen LogP contribution >= 0.6 is 0 Å². The molecule has 0 radical (unpaired) electrons. The van der Waals surface area contributed by atoms with Crippen molar-refractivity contribution < 1.29 is 27.2 Å². The van der Waals surface area contributed by atoms with Crippen LogP contribution in [0.4, 0.5) is 13.2 Å². The molecule has 1 heterocycles. The first kappa shape index (κ1) is 18.4. The Morgan fingerprint density at radius 2 is 1.92 bits per heavy atom. The van der Waals surface area contributed by atoms with E-state index in [4.69, 9.17) is 4.74 Å². The summed E-state index contributed by atoms with van der Waals surface area (Å²) in [6.45, 7) is 0. The highest BCUT2D eigenvalue weighted by Gasteiger charge is 2.38. The Kier molecular flexibility index (Phi) is 5.26. The number of nitrogens with one attached hydrogen (secondary N) is 1. The Labute approximate surface area is 147 Å². The van der Waals surface area contributed by atoms with E-state index in [9.17, 15) is 18.0 Å². The normalized spacial score (nSPS) is 20.8. The van der Waals surface area contributed by atoms with Gasteiger partial charge in [0.05, 0.1) is 12.1 Å². The molecule has 1 aromatic carbocycles. The number of alkyl halides is 3. The van der Waals surface area contributed by atoms with Crippen LogP contribution in [0.25, 0.3) is 11.4 Å². The molecular weight excluding hydrogens is 351 g/mol. The van der Waals surface area contributed by atoms with Gasteiger partial charge < -0.3 is 14.6 Å². The Morgan fingerprint density at radius 3 is 2.54 bits per heavy atom. The monoisotopic (exact) mass is 369 g/mol. The molecule has 2 atom stereocenters. The summed E-state index contributed by atoms with van der Waals surface area (Å²) in [5, 5.41) is 6.28. The number of benzene rings is 1. The number of amides is 1. The SMILES string of the molecule is CO[C@H]1CCCC[C@@H]1NC(=O)c1ccc(-c2noc(C(F)(F)F)n2)cc1.